The second-order valence-corrected chi connectivity index (χ2v) is 4.09. The summed E-state index contributed by atoms with van der Waals surface area (Å²) in [5.74, 6) is -1.35. The summed E-state index contributed by atoms with van der Waals surface area (Å²) in [5, 5.41) is 18.2. The summed E-state index contributed by atoms with van der Waals surface area (Å²) < 4.78 is 39.3. The Morgan fingerprint density at radius 2 is 2.00 bits per heavy atom. The van der Waals surface area contributed by atoms with Crippen LogP contribution in [0.3, 0.4) is 0 Å². The Kier molecular flexibility index (Phi) is 3.77. The van der Waals surface area contributed by atoms with E-state index >= 15 is 0 Å². The van der Waals surface area contributed by atoms with Crippen LogP contribution in [0.25, 0.3) is 11.3 Å². The second kappa shape index (κ2) is 5.35. The fourth-order valence-electron chi connectivity index (χ4n) is 1.60. The topological polar surface area (TPSA) is 69.8 Å². The molecule has 1 N–H and O–H groups in total. The quantitative estimate of drug-likeness (QED) is 0.922. The van der Waals surface area contributed by atoms with E-state index in [2.05, 4.69) is 9.97 Å². The molecular weight excluding hydrogens is 295 g/mol. The molecule has 0 aliphatic rings. The van der Waals surface area contributed by atoms with Gasteiger partial charge in [0, 0.05) is 5.56 Å². The van der Waals surface area contributed by atoms with E-state index in [0.717, 1.165) is 18.5 Å². The van der Waals surface area contributed by atoms with Crippen LogP contribution in [0.1, 0.15) is 17.7 Å². The molecule has 102 valence electrons. The third kappa shape index (κ3) is 2.38. The SMILES string of the molecule is N#Cc1c(-c2cc(O)c(Cl)cc2F)ncnc1C(F)F. The molecular formula is C12H5ClF3N3O. The van der Waals surface area contributed by atoms with Crippen molar-refractivity contribution in [1.29, 1.82) is 5.26 Å². The Morgan fingerprint density at radius 1 is 1.30 bits per heavy atom. The van der Waals surface area contributed by atoms with Crippen LogP contribution in [0.5, 0.6) is 5.75 Å². The Labute approximate surface area is 116 Å². The maximum atomic E-state index is 13.8. The summed E-state index contributed by atoms with van der Waals surface area (Å²) in [7, 11) is 0. The molecule has 2 aromatic rings. The lowest BCUT2D eigenvalue weighted by Crippen LogP contribution is -2.01. The number of rotatable bonds is 2. The minimum absolute atomic E-state index is 0.243. The standard InChI is InChI=1S/C12H5ClF3N3O/c13-7-2-8(14)5(1-9(7)20)10-6(3-17)11(12(15)16)19-4-18-10/h1-2,4,12,20H. The van der Waals surface area contributed by atoms with Crippen molar-refractivity contribution in [2.75, 3.05) is 0 Å². The zero-order valence-electron chi connectivity index (χ0n) is 9.61. The molecule has 20 heavy (non-hydrogen) atoms. The van der Waals surface area contributed by atoms with Crippen molar-refractivity contribution in [2.45, 2.75) is 6.43 Å². The fraction of sp³-hybridized carbons (Fsp3) is 0.0833. The van der Waals surface area contributed by atoms with Crippen LogP contribution < -0.4 is 0 Å². The van der Waals surface area contributed by atoms with Crippen LogP contribution in [-0.2, 0) is 0 Å². The molecule has 1 aromatic carbocycles. The number of hydrogen-bond acceptors (Lipinski definition) is 4. The van der Waals surface area contributed by atoms with Gasteiger partial charge in [0.25, 0.3) is 6.43 Å². The molecule has 0 radical (unpaired) electrons. The third-order valence-corrected chi connectivity index (χ3v) is 2.79. The molecule has 0 saturated carbocycles. The van der Waals surface area contributed by atoms with Crippen LogP contribution in [0.15, 0.2) is 18.5 Å². The predicted octanol–water partition coefficient (Wildman–Crippen LogP) is 3.45. The van der Waals surface area contributed by atoms with Crippen molar-refractivity contribution in [3.8, 4) is 23.1 Å². The number of aromatic nitrogens is 2. The zero-order valence-corrected chi connectivity index (χ0v) is 10.4. The molecule has 0 atom stereocenters. The summed E-state index contributed by atoms with van der Waals surface area (Å²) in [6.07, 6.45) is -2.21. The number of phenolic OH excluding ortho intramolecular Hbond substituents is 1. The van der Waals surface area contributed by atoms with Gasteiger partial charge < -0.3 is 5.11 Å². The van der Waals surface area contributed by atoms with Gasteiger partial charge in [-0.15, -0.1) is 0 Å². The van der Waals surface area contributed by atoms with Gasteiger partial charge in [0.1, 0.15) is 35.2 Å². The first kappa shape index (κ1) is 14.1. The first-order valence-corrected chi connectivity index (χ1v) is 5.55. The maximum absolute atomic E-state index is 13.8. The van der Waals surface area contributed by atoms with Crippen molar-refractivity contribution >= 4 is 11.6 Å². The molecule has 0 spiro atoms. The number of halogens is 4. The Balaban J connectivity index is 2.74. The minimum atomic E-state index is -3.00. The van der Waals surface area contributed by atoms with E-state index in [4.69, 9.17) is 16.9 Å². The Morgan fingerprint density at radius 3 is 2.60 bits per heavy atom. The normalized spacial score (nSPS) is 10.6. The molecule has 1 aromatic heterocycles. The van der Waals surface area contributed by atoms with E-state index in [-0.39, 0.29) is 16.3 Å². The lowest BCUT2D eigenvalue weighted by Gasteiger charge is -2.09. The molecule has 2 rings (SSSR count). The average Bonchev–Trinajstić information content (AvgIpc) is 2.41. The van der Waals surface area contributed by atoms with Crippen LogP contribution in [0.4, 0.5) is 13.2 Å². The third-order valence-electron chi connectivity index (χ3n) is 2.49. The molecule has 0 aliphatic carbocycles. The second-order valence-electron chi connectivity index (χ2n) is 3.68. The number of nitriles is 1. The van der Waals surface area contributed by atoms with E-state index in [1.54, 1.807) is 0 Å². The summed E-state index contributed by atoms with van der Waals surface area (Å²) in [6, 6.07) is 3.23. The molecule has 0 bridgehead atoms. The highest BCUT2D eigenvalue weighted by Crippen LogP contribution is 2.34. The largest absolute Gasteiger partial charge is 0.506 e. The highest BCUT2D eigenvalue weighted by atomic mass is 35.5. The summed E-state index contributed by atoms with van der Waals surface area (Å²) in [5.41, 5.74) is -2.00. The van der Waals surface area contributed by atoms with Crippen molar-refractivity contribution in [1.82, 2.24) is 9.97 Å². The van der Waals surface area contributed by atoms with Crippen molar-refractivity contribution in [3.63, 3.8) is 0 Å². The van der Waals surface area contributed by atoms with Crippen LogP contribution in [0.2, 0.25) is 5.02 Å². The number of phenols is 1. The van der Waals surface area contributed by atoms with E-state index in [1.807, 2.05) is 0 Å². The Bertz CT molecular complexity index is 716. The van der Waals surface area contributed by atoms with Gasteiger partial charge in [-0.1, -0.05) is 11.6 Å². The van der Waals surface area contributed by atoms with Crippen molar-refractivity contribution in [2.24, 2.45) is 0 Å². The van der Waals surface area contributed by atoms with Gasteiger partial charge in [0.15, 0.2) is 0 Å². The number of aromatic hydroxyl groups is 1. The van der Waals surface area contributed by atoms with E-state index in [1.165, 1.54) is 6.07 Å². The molecule has 4 nitrogen and oxygen atoms in total. The smallest absolute Gasteiger partial charge is 0.281 e. The van der Waals surface area contributed by atoms with Gasteiger partial charge >= 0.3 is 0 Å². The van der Waals surface area contributed by atoms with E-state index in [9.17, 15) is 18.3 Å². The molecule has 0 saturated heterocycles. The molecule has 0 unspecified atom stereocenters. The molecule has 8 heteroatoms. The highest BCUT2D eigenvalue weighted by molar-refractivity contribution is 6.32. The summed E-state index contributed by atoms with van der Waals surface area (Å²) in [4.78, 5) is 6.94. The fourth-order valence-corrected chi connectivity index (χ4v) is 1.75. The van der Waals surface area contributed by atoms with Crippen molar-refractivity contribution in [3.05, 3.63) is 40.6 Å². The lowest BCUT2D eigenvalue weighted by molar-refractivity contribution is 0.145. The Hall–Kier alpha value is -2.33. The summed E-state index contributed by atoms with van der Waals surface area (Å²) in [6.45, 7) is 0. The number of alkyl halides is 2. The molecule has 1 heterocycles. The predicted molar refractivity (Wildman–Crippen MR) is 63.8 cm³/mol. The minimum Gasteiger partial charge on any atom is -0.506 e. The van der Waals surface area contributed by atoms with Gasteiger partial charge in [-0.05, 0) is 12.1 Å². The van der Waals surface area contributed by atoms with Gasteiger partial charge in [0.05, 0.1) is 10.7 Å². The lowest BCUT2D eigenvalue weighted by atomic mass is 10.0. The van der Waals surface area contributed by atoms with E-state index in [0.29, 0.717) is 0 Å². The molecule has 0 aliphatic heterocycles. The number of benzene rings is 1. The summed E-state index contributed by atoms with van der Waals surface area (Å²) >= 11 is 5.52. The number of hydrogen-bond donors (Lipinski definition) is 1. The monoisotopic (exact) mass is 299 g/mol. The van der Waals surface area contributed by atoms with Crippen molar-refractivity contribution < 1.29 is 18.3 Å². The first-order valence-electron chi connectivity index (χ1n) is 5.17. The number of nitrogens with zero attached hydrogens (tertiary/aromatic N) is 3. The molecule has 0 fully saturated rings. The van der Waals surface area contributed by atoms with E-state index < -0.39 is 29.2 Å². The van der Waals surface area contributed by atoms with Crippen LogP contribution in [-0.4, -0.2) is 15.1 Å². The van der Waals surface area contributed by atoms with Crippen LogP contribution in [0, 0.1) is 17.1 Å². The zero-order chi connectivity index (χ0) is 14.9. The first-order chi connectivity index (χ1) is 9.45. The maximum Gasteiger partial charge on any atom is 0.281 e. The highest BCUT2D eigenvalue weighted by Gasteiger charge is 2.22. The average molecular weight is 300 g/mol. The van der Waals surface area contributed by atoms with Gasteiger partial charge in [0.2, 0.25) is 0 Å². The van der Waals surface area contributed by atoms with Gasteiger partial charge in [-0.2, -0.15) is 5.26 Å². The van der Waals surface area contributed by atoms with Crippen LogP contribution >= 0.6 is 11.6 Å². The van der Waals surface area contributed by atoms with Gasteiger partial charge in [-0.25, -0.2) is 23.1 Å². The molecule has 0 amide bonds. The van der Waals surface area contributed by atoms with Gasteiger partial charge in [-0.3, -0.25) is 0 Å².